The molecule has 10 heteroatoms. The topological polar surface area (TPSA) is 85.9 Å². The van der Waals surface area contributed by atoms with Crippen LogP contribution in [0.3, 0.4) is 0 Å². The van der Waals surface area contributed by atoms with E-state index in [9.17, 15) is 9.18 Å². The number of likely N-dealkylation sites (N-methyl/N-ethyl adjacent to an activating group) is 2. The SMILES string of the molecule is C=CC(=O)Nc1cc(Nc2nccc(N3CCc4cc(F)ccc43)n2)c(OC)cc1N(C)CCN(C)C. The molecule has 4 rings (SSSR count). The van der Waals surface area contributed by atoms with Gasteiger partial charge < -0.3 is 30.1 Å². The Kier molecular flexibility index (Phi) is 7.88. The van der Waals surface area contributed by atoms with Crippen molar-refractivity contribution in [3.63, 3.8) is 0 Å². The standard InChI is InChI=1S/C27H32FN7O2/c1-6-26(36)30-20-16-21(24(37-5)17-23(20)34(4)14-13-33(2)3)31-27-29-11-9-25(32-27)35-12-10-18-15-19(28)7-8-22(18)35/h6-9,11,15-17H,1,10,12-14H2,2-5H3,(H,30,36)(H,29,31,32). The first kappa shape index (κ1) is 25.9. The predicted octanol–water partition coefficient (Wildman–Crippen LogP) is 4.18. The molecule has 9 nitrogen and oxygen atoms in total. The first-order valence-electron chi connectivity index (χ1n) is 12.0. The lowest BCUT2D eigenvalue weighted by Crippen LogP contribution is -2.29. The number of rotatable bonds is 10. The molecule has 0 saturated heterocycles. The molecule has 0 atom stereocenters. The van der Waals surface area contributed by atoms with Crippen LogP contribution in [0.15, 0.2) is 55.3 Å². The summed E-state index contributed by atoms with van der Waals surface area (Å²) >= 11 is 0. The summed E-state index contributed by atoms with van der Waals surface area (Å²) in [5, 5.41) is 6.12. The fourth-order valence-corrected chi connectivity index (χ4v) is 4.19. The van der Waals surface area contributed by atoms with E-state index < -0.39 is 0 Å². The summed E-state index contributed by atoms with van der Waals surface area (Å²) in [6, 6.07) is 10.3. The van der Waals surface area contributed by atoms with Crippen molar-refractivity contribution in [1.82, 2.24) is 14.9 Å². The van der Waals surface area contributed by atoms with Crippen LogP contribution in [0.25, 0.3) is 0 Å². The average molecular weight is 506 g/mol. The van der Waals surface area contributed by atoms with Crippen molar-refractivity contribution in [1.29, 1.82) is 0 Å². The number of hydrogen-bond acceptors (Lipinski definition) is 8. The van der Waals surface area contributed by atoms with Gasteiger partial charge in [-0.1, -0.05) is 6.58 Å². The molecule has 2 N–H and O–H groups in total. The van der Waals surface area contributed by atoms with E-state index in [1.165, 1.54) is 12.1 Å². The minimum Gasteiger partial charge on any atom is -0.494 e. The molecule has 0 spiro atoms. The molecule has 1 amide bonds. The second-order valence-electron chi connectivity index (χ2n) is 9.03. The third-order valence-corrected chi connectivity index (χ3v) is 6.16. The van der Waals surface area contributed by atoms with Gasteiger partial charge in [0.15, 0.2) is 0 Å². The lowest BCUT2D eigenvalue weighted by molar-refractivity contribution is -0.111. The normalized spacial score (nSPS) is 12.3. The van der Waals surface area contributed by atoms with Gasteiger partial charge in [0, 0.05) is 44.6 Å². The molecule has 1 aliphatic rings. The lowest BCUT2D eigenvalue weighted by atomic mass is 10.2. The Hall–Kier alpha value is -4.18. The molecule has 1 aromatic heterocycles. The van der Waals surface area contributed by atoms with E-state index in [0.717, 1.165) is 36.4 Å². The van der Waals surface area contributed by atoms with Gasteiger partial charge in [-0.15, -0.1) is 0 Å². The first-order chi connectivity index (χ1) is 17.8. The number of benzene rings is 2. The molecule has 3 aromatic rings. The van der Waals surface area contributed by atoms with E-state index in [-0.39, 0.29) is 11.7 Å². The highest BCUT2D eigenvalue weighted by Gasteiger charge is 2.23. The van der Waals surface area contributed by atoms with E-state index in [2.05, 4.69) is 32.0 Å². The number of hydrogen-bond donors (Lipinski definition) is 2. The van der Waals surface area contributed by atoms with Gasteiger partial charge in [-0.2, -0.15) is 4.98 Å². The van der Waals surface area contributed by atoms with Crippen LogP contribution >= 0.6 is 0 Å². The molecule has 0 saturated carbocycles. The fourth-order valence-electron chi connectivity index (χ4n) is 4.19. The Balaban J connectivity index is 1.65. The number of ether oxygens (including phenoxy) is 1. The van der Waals surface area contributed by atoms with Crippen LogP contribution in [-0.4, -0.2) is 68.7 Å². The maximum absolute atomic E-state index is 13.7. The molecule has 0 bridgehead atoms. The summed E-state index contributed by atoms with van der Waals surface area (Å²) in [5.41, 5.74) is 3.87. The van der Waals surface area contributed by atoms with Gasteiger partial charge in [0.2, 0.25) is 11.9 Å². The zero-order chi connectivity index (χ0) is 26.5. The van der Waals surface area contributed by atoms with Gasteiger partial charge >= 0.3 is 0 Å². The van der Waals surface area contributed by atoms with Crippen molar-refractivity contribution in [2.45, 2.75) is 6.42 Å². The lowest BCUT2D eigenvalue weighted by Gasteiger charge is -2.26. The number of anilines is 6. The fraction of sp³-hybridized carbons (Fsp3) is 0.296. The summed E-state index contributed by atoms with van der Waals surface area (Å²) in [4.78, 5) is 27.5. The summed E-state index contributed by atoms with van der Waals surface area (Å²) in [5.74, 6) is 1.07. The first-order valence-corrected chi connectivity index (χ1v) is 12.0. The third kappa shape index (κ3) is 5.97. The van der Waals surface area contributed by atoms with E-state index in [1.54, 1.807) is 31.5 Å². The number of halogens is 1. The van der Waals surface area contributed by atoms with Gasteiger partial charge in [-0.25, -0.2) is 9.37 Å². The van der Waals surface area contributed by atoms with Gasteiger partial charge in [0.1, 0.15) is 17.4 Å². The van der Waals surface area contributed by atoms with Gasteiger partial charge in [0.25, 0.3) is 0 Å². The number of carbonyl (C=O) groups excluding carboxylic acids is 1. The van der Waals surface area contributed by atoms with Crippen molar-refractivity contribution in [3.05, 3.63) is 66.6 Å². The van der Waals surface area contributed by atoms with Crippen LogP contribution in [0.5, 0.6) is 5.75 Å². The Morgan fingerprint density at radius 1 is 1.19 bits per heavy atom. The van der Waals surface area contributed by atoms with E-state index in [0.29, 0.717) is 35.4 Å². The van der Waals surface area contributed by atoms with Crippen LogP contribution in [0.4, 0.5) is 38.9 Å². The van der Waals surface area contributed by atoms with Crippen LogP contribution in [-0.2, 0) is 11.2 Å². The van der Waals surface area contributed by atoms with Crippen molar-refractivity contribution in [3.8, 4) is 5.75 Å². The number of methoxy groups -OCH3 is 1. The molecule has 1 aliphatic heterocycles. The second kappa shape index (κ2) is 11.3. The summed E-state index contributed by atoms with van der Waals surface area (Å²) in [6.45, 7) is 5.84. The van der Waals surface area contributed by atoms with Crippen LogP contribution < -0.4 is 25.2 Å². The molecular weight excluding hydrogens is 473 g/mol. The Bertz CT molecular complexity index is 1300. The van der Waals surface area contributed by atoms with Crippen molar-refractivity contribution >= 4 is 40.4 Å². The predicted molar refractivity (Wildman–Crippen MR) is 146 cm³/mol. The summed E-state index contributed by atoms with van der Waals surface area (Å²) < 4.78 is 19.3. The van der Waals surface area contributed by atoms with Crippen molar-refractivity contribution in [2.24, 2.45) is 0 Å². The monoisotopic (exact) mass is 505 g/mol. The highest BCUT2D eigenvalue weighted by molar-refractivity contribution is 6.02. The maximum Gasteiger partial charge on any atom is 0.247 e. The zero-order valence-corrected chi connectivity index (χ0v) is 21.6. The summed E-state index contributed by atoms with van der Waals surface area (Å²) in [6.07, 6.45) is 3.64. The second-order valence-corrected chi connectivity index (χ2v) is 9.03. The summed E-state index contributed by atoms with van der Waals surface area (Å²) in [7, 11) is 7.56. The van der Waals surface area contributed by atoms with Crippen molar-refractivity contribution in [2.75, 3.05) is 68.3 Å². The Morgan fingerprint density at radius 2 is 2.00 bits per heavy atom. The molecule has 194 valence electrons. The number of amides is 1. The molecule has 0 radical (unpaired) electrons. The smallest absolute Gasteiger partial charge is 0.247 e. The number of aromatic nitrogens is 2. The van der Waals surface area contributed by atoms with Gasteiger partial charge in [0.05, 0.1) is 24.2 Å². The van der Waals surface area contributed by atoms with Crippen molar-refractivity contribution < 1.29 is 13.9 Å². The molecule has 2 heterocycles. The van der Waals surface area contributed by atoms with E-state index in [4.69, 9.17) is 9.72 Å². The van der Waals surface area contributed by atoms with Crippen LogP contribution in [0.1, 0.15) is 5.56 Å². The highest BCUT2D eigenvalue weighted by Crippen LogP contribution is 2.39. The van der Waals surface area contributed by atoms with Crippen LogP contribution in [0.2, 0.25) is 0 Å². The molecule has 0 unspecified atom stereocenters. The molecule has 0 fully saturated rings. The minimum atomic E-state index is -0.319. The van der Waals surface area contributed by atoms with E-state index >= 15 is 0 Å². The number of nitrogens with one attached hydrogen (secondary N) is 2. The minimum absolute atomic E-state index is 0.243. The van der Waals surface area contributed by atoms with Crippen LogP contribution in [0, 0.1) is 5.82 Å². The van der Waals surface area contributed by atoms with Gasteiger partial charge in [-0.05, 0) is 62.5 Å². The Morgan fingerprint density at radius 3 is 2.73 bits per heavy atom. The average Bonchev–Trinajstić information content (AvgIpc) is 3.30. The molecule has 37 heavy (non-hydrogen) atoms. The number of carbonyl (C=O) groups is 1. The zero-order valence-electron chi connectivity index (χ0n) is 21.6. The Labute approximate surface area is 216 Å². The van der Waals surface area contributed by atoms with Gasteiger partial charge in [-0.3, -0.25) is 4.79 Å². The largest absolute Gasteiger partial charge is 0.494 e. The molecule has 0 aliphatic carbocycles. The van der Waals surface area contributed by atoms with E-state index in [1.807, 2.05) is 38.2 Å². The molecule has 2 aromatic carbocycles. The highest BCUT2D eigenvalue weighted by atomic mass is 19.1. The maximum atomic E-state index is 13.7. The molecular formula is C27H32FN7O2. The number of fused-ring (bicyclic) bond motifs is 1. The third-order valence-electron chi connectivity index (χ3n) is 6.16. The number of nitrogens with zero attached hydrogens (tertiary/aromatic N) is 5. The quantitative estimate of drug-likeness (QED) is 0.397.